The highest BCUT2D eigenvalue weighted by Gasteiger charge is 2.38. The van der Waals surface area contributed by atoms with Crippen molar-refractivity contribution in [2.45, 2.75) is 24.8 Å². The second-order valence-electron chi connectivity index (χ2n) is 4.90. The summed E-state index contributed by atoms with van der Waals surface area (Å²) in [5.74, 6) is 0.319. The van der Waals surface area contributed by atoms with E-state index >= 15 is 0 Å². The minimum absolute atomic E-state index is 0.238. The molecular weight excluding hydrogens is 272 g/mol. The van der Waals surface area contributed by atoms with Crippen LogP contribution < -0.4 is 5.32 Å². The van der Waals surface area contributed by atoms with Gasteiger partial charge in [0.05, 0.1) is 19.2 Å². The van der Waals surface area contributed by atoms with E-state index in [0.29, 0.717) is 12.0 Å². The zero-order chi connectivity index (χ0) is 13.9. The topological polar surface area (TPSA) is 51.2 Å². The number of aromatic nitrogens is 1. The molecule has 1 saturated carbocycles. The predicted octanol–water partition coefficient (Wildman–Crippen LogP) is 2.83. The Morgan fingerprint density at radius 2 is 2.25 bits per heavy atom. The smallest absolute Gasteiger partial charge is 0.311 e. The SMILES string of the molecule is COC(=O)Cc1csc(NC2CC2c2ccccc2)n1. The third-order valence-corrected chi connectivity index (χ3v) is 4.25. The molecule has 1 fully saturated rings. The van der Waals surface area contributed by atoms with E-state index in [1.165, 1.54) is 24.0 Å². The van der Waals surface area contributed by atoms with Crippen molar-refractivity contribution >= 4 is 22.4 Å². The molecule has 0 saturated heterocycles. The zero-order valence-corrected chi connectivity index (χ0v) is 12.0. The number of methoxy groups -OCH3 is 1. The second kappa shape index (κ2) is 5.63. The van der Waals surface area contributed by atoms with Gasteiger partial charge in [0.25, 0.3) is 0 Å². The fourth-order valence-corrected chi connectivity index (χ4v) is 3.03. The van der Waals surface area contributed by atoms with Crippen LogP contribution in [0.4, 0.5) is 5.13 Å². The molecule has 0 aliphatic heterocycles. The highest BCUT2D eigenvalue weighted by molar-refractivity contribution is 7.13. The van der Waals surface area contributed by atoms with E-state index in [9.17, 15) is 4.79 Å². The number of esters is 1. The van der Waals surface area contributed by atoms with Gasteiger partial charge in [-0.2, -0.15) is 0 Å². The van der Waals surface area contributed by atoms with Gasteiger partial charge in [0.15, 0.2) is 5.13 Å². The quantitative estimate of drug-likeness (QED) is 0.860. The number of hydrogen-bond donors (Lipinski definition) is 1. The Morgan fingerprint density at radius 3 is 3.00 bits per heavy atom. The van der Waals surface area contributed by atoms with E-state index in [0.717, 1.165) is 17.2 Å². The third kappa shape index (κ3) is 2.99. The lowest BCUT2D eigenvalue weighted by atomic mass is 10.1. The van der Waals surface area contributed by atoms with Crippen molar-refractivity contribution in [2.75, 3.05) is 12.4 Å². The maximum atomic E-state index is 11.2. The van der Waals surface area contributed by atoms with Crippen molar-refractivity contribution in [1.82, 2.24) is 4.98 Å². The number of benzene rings is 1. The summed E-state index contributed by atoms with van der Waals surface area (Å²) in [5, 5.41) is 6.22. The van der Waals surface area contributed by atoms with Crippen molar-refractivity contribution in [3.8, 4) is 0 Å². The lowest BCUT2D eigenvalue weighted by Gasteiger charge is -2.02. The van der Waals surface area contributed by atoms with Crippen LogP contribution in [0.15, 0.2) is 35.7 Å². The minimum atomic E-state index is -0.254. The summed E-state index contributed by atoms with van der Waals surface area (Å²) in [4.78, 5) is 15.6. The fourth-order valence-electron chi connectivity index (χ4n) is 2.26. The number of rotatable bonds is 5. The first-order chi connectivity index (χ1) is 9.76. The van der Waals surface area contributed by atoms with Crippen molar-refractivity contribution in [3.05, 3.63) is 47.0 Å². The molecule has 1 aromatic heterocycles. The van der Waals surface area contributed by atoms with Gasteiger partial charge >= 0.3 is 5.97 Å². The molecule has 1 aliphatic carbocycles. The Bertz CT molecular complexity index is 597. The number of carbonyl (C=O) groups excluding carboxylic acids is 1. The van der Waals surface area contributed by atoms with Gasteiger partial charge < -0.3 is 10.1 Å². The lowest BCUT2D eigenvalue weighted by Crippen LogP contribution is -2.06. The van der Waals surface area contributed by atoms with E-state index in [-0.39, 0.29) is 12.4 Å². The van der Waals surface area contributed by atoms with Gasteiger partial charge in [0, 0.05) is 17.3 Å². The van der Waals surface area contributed by atoms with Crippen molar-refractivity contribution in [3.63, 3.8) is 0 Å². The van der Waals surface area contributed by atoms with Crippen molar-refractivity contribution < 1.29 is 9.53 Å². The van der Waals surface area contributed by atoms with Crippen LogP contribution in [0.3, 0.4) is 0 Å². The average molecular weight is 288 g/mol. The highest BCUT2D eigenvalue weighted by atomic mass is 32.1. The number of ether oxygens (including phenoxy) is 1. The summed E-state index contributed by atoms with van der Waals surface area (Å²) in [6, 6.07) is 11.0. The Balaban J connectivity index is 1.56. The number of nitrogens with zero attached hydrogens (tertiary/aromatic N) is 1. The van der Waals surface area contributed by atoms with Crippen LogP contribution in [0.2, 0.25) is 0 Å². The summed E-state index contributed by atoms with van der Waals surface area (Å²) in [6.45, 7) is 0. The molecule has 3 rings (SSSR count). The predicted molar refractivity (Wildman–Crippen MR) is 79.0 cm³/mol. The highest BCUT2D eigenvalue weighted by Crippen LogP contribution is 2.43. The molecule has 2 unspecified atom stereocenters. The summed E-state index contributed by atoms with van der Waals surface area (Å²) >= 11 is 1.54. The monoisotopic (exact) mass is 288 g/mol. The van der Waals surface area contributed by atoms with Crippen LogP contribution in [-0.2, 0) is 16.0 Å². The van der Waals surface area contributed by atoms with E-state index < -0.39 is 0 Å². The summed E-state index contributed by atoms with van der Waals surface area (Å²) in [6.07, 6.45) is 1.37. The molecular formula is C15H16N2O2S. The third-order valence-electron chi connectivity index (χ3n) is 3.43. The van der Waals surface area contributed by atoms with Crippen molar-refractivity contribution in [1.29, 1.82) is 0 Å². The van der Waals surface area contributed by atoms with E-state index in [2.05, 4.69) is 39.3 Å². The Hall–Kier alpha value is -1.88. The largest absolute Gasteiger partial charge is 0.469 e. The maximum Gasteiger partial charge on any atom is 0.311 e. The summed E-state index contributed by atoms with van der Waals surface area (Å²) in [5.41, 5.74) is 2.14. The fraction of sp³-hybridized carbons (Fsp3) is 0.333. The molecule has 1 N–H and O–H groups in total. The van der Waals surface area contributed by atoms with Crippen LogP contribution in [0.5, 0.6) is 0 Å². The molecule has 0 radical (unpaired) electrons. The summed E-state index contributed by atoms with van der Waals surface area (Å²) in [7, 11) is 1.39. The first-order valence-electron chi connectivity index (χ1n) is 6.59. The number of carbonyl (C=O) groups is 1. The normalized spacial score (nSPS) is 20.4. The molecule has 0 amide bonds. The van der Waals surface area contributed by atoms with E-state index in [4.69, 9.17) is 0 Å². The number of thiazole rings is 1. The molecule has 1 heterocycles. The van der Waals surface area contributed by atoms with Gasteiger partial charge in [-0.15, -0.1) is 11.3 Å². The molecule has 20 heavy (non-hydrogen) atoms. The van der Waals surface area contributed by atoms with E-state index in [1.807, 2.05) is 11.4 Å². The maximum absolute atomic E-state index is 11.2. The van der Waals surface area contributed by atoms with Crippen LogP contribution >= 0.6 is 11.3 Å². The standard InChI is InChI=1S/C15H16N2O2S/c1-19-14(18)7-11-9-20-15(16-11)17-13-8-12(13)10-5-3-2-4-6-10/h2-6,9,12-13H,7-8H2,1H3,(H,16,17). The average Bonchev–Trinajstić information content (AvgIpc) is 3.11. The van der Waals surface area contributed by atoms with Crippen molar-refractivity contribution in [2.24, 2.45) is 0 Å². The molecule has 1 aromatic carbocycles. The van der Waals surface area contributed by atoms with Crippen LogP contribution in [-0.4, -0.2) is 24.1 Å². The zero-order valence-electron chi connectivity index (χ0n) is 11.2. The molecule has 5 heteroatoms. The van der Waals surface area contributed by atoms with E-state index in [1.54, 1.807) is 0 Å². The number of anilines is 1. The number of nitrogens with one attached hydrogen (secondary N) is 1. The molecule has 0 spiro atoms. The molecule has 4 nitrogen and oxygen atoms in total. The van der Waals surface area contributed by atoms with Gasteiger partial charge in [-0.25, -0.2) is 4.98 Å². The molecule has 2 aromatic rings. The van der Waals surface area contributed by atoms with Crippen LogP contribution in [0.1, 0.15) is 23.6 Å². The minimum Gasteiger partial charge on any atom is -0.469 e. The van der Waals surface area contributed by atoms with Gasteiger partial charge in [0.1, 0.15) is 0 Å². The number of hydrogen-bond acceptors (Lipinski definition) is 5. The Morgan fingerprint density at radius 1 is 1.45 bits per heavy atom. The first-order valence-corrected chi connectivity index (χ1v) is 7.47. The Kier molecular flexibility index (Phi) is 3.69. The van der Waals surface area contributed by atoms with Gasteiger partial charge in [-0.1, -0.05) is 30.3 Å². The molecule has 1 aliphatic rings. The van der Waals surface area contributed by atoms with Gasteiger partial charge in [-0.3, -0.25) is 4.79 Å². The molecule has 104 valence electrons. The molecule has 2 atom stereocenters. The van der Waals surface area contributed by atoms with Gasteiger partial charge in [0.2, 0.25) is 0 Å². The Labute approximate surface area is 121 Å². The van der Waals surface area contributed by atoms with Gasteiger partial charge in [-0.05, 0) is 12.0 Å². The van der Waals surface area contributed by atoms with Crippen LogP contribution in [0, 0.1) is 0 Å². The molecule has 0 bridgehead atoms. The lowest BCUT2D eigenvalue weighted by molar-refractivity contribution is -0.139. The summed E-state index contributed by atoms with van der Waals surface area (Å²) < 4.78 is 4.64. The second-order valence-corrected chi connectivity index (χ2v) is 5.76. The first kappa shape index (κ1) is 13.1. The van der Waals surface area contributed by atoms with Crippen LogP contribution in [0.25, 0.3) is 0 Å².